The lowest BCUT2D eigenvalue weighted by molar-refractivity contribution is 0.0342. The second-order valence-corrected chi connectivity index (χ2v) is 6.05. The van der Waals surface area contributed by atoms with Crippen molar-refractivity contribution in [3.05, 3.63) is 35.4 Å². The molecule has 2 fully saturated rings. The maximum atomic E-state index is 5.41. The Bertz CT molecular complexity index is 374. The minimum absolute atomic E-state index is 0.882. The Kier molecular flexibility index (Phi) is 5.06. The van der Waals surface area contributed by atoms with Crippen LogP contribution in [0.1, 0.15) is 30.4 Å². The molecule has 2 aliphatic rings. The fourth-order valence-corrected chi connectivity index (χ4v) is 3.22. The summed E-state index contributed by atoms with van der Waals surface area (Å²) >= 11 is 0. The molecule has 2 aliphatic heterocycles. The van der Waals surface area contributed by atoms with Gasteiger partial charge in [-0.3, -0.25) is 9.80 Å². The molecule has 0 bridgehead atoms. The van der Waals surface area contributed by atoms with Crippen molar-refractivity contribution in [3.63, 3.8) is 0 Å². The fraction of sp³-hybridized carbons (Fsp3) is 0.647. The summed E-state index contributed by atoms with van der Waals surface area (Å²) in [6.07, 6.45) is 4.15. The Morgan fingerprint density at radius 1 is 0.800 bits per heavy atom. The highest BCUT2D eigenvalue weighted by molar-refractivity contribution is 5.23. The molecule has 20 heavy (non-hydrogen) atoms. The van der Waals surface area contributed by atoms with E-state index in [2.05, 4.69) is 34.1 Å². The van der Waals surface area contributed by atoms with Gasteiger partial charge in [-0.05, 0) is 37.1 Å². The number of piperidine rings is 1. The molecule has 2 heterocycles. The van der Waals surface area contributed by atoms with Gasteiger partial charge in [0.2, 0.25) is 0 Å². The lowest BCUT2D eigenvalue weighted by atomic mass is 10.1. The molecule has 0 radical (unpaired) electrons. The summed E-state index contributed by atoms with van der Waals surface area (Å²) < 4.78 is 5.41. The van der Waals surface area contributed by atoms with Gasteiger partial charge in [0.1, 0.15) is 0 Å². The van der Waals surface area contributed by atoms with Crippen molar-refractivity contribution in [1.82, 2.24) is 9.80 Å². The van der Waals surface area contributed by atoms with Crippen LogP contribution in [0, 0.1) is 0 Å². The topological polar surface area (TPSA) is 15.7 Å². The minimum atomic E-state index is 0.882. The molecule has 2 saturated heterocycles. The van der Waals surface area contributed by atoms with Crippen molar-refractivity contribution in [2.45, 2.75) is 32.4 Å². The van der Waals surface area contributed by atoms with Gasteiger partial charge in [-0.2, -0.15) is 0 Å². The highest BCUT2D eigenvalue weighted by atomic mass is 16.5. The summed E-state index contributed by atoms with van der Waals surface area (Å²) in [7, 11) is 0. The lowest BCUT2D eigenvalue weighted by Gasteiger charge is -2.28. The van der Waals surface area contributed by atoms with E-state index in [1.807, 2.05) is 0 Å². The second kappa shape index (κ2) is 7.21. The summed E-state index contributed by atoms with van der Waals surface area (Å²) in [4.78, 5) is 5.08. The molecule has 0 aromatic heterocycles. The van der Waals surface area contributed by atoms with Gasteiger partial charge in [0, 0.05) is 26.2 Å². The van der Waals surface area contributed by atoms with Crippen LogP contribution in [0.4, 0.5) is 0 Å². The predicted octanol–water partition coefficient (Wildman–Crippen LogP) is 2.50. The van der Waals surface area contributed by atoms with E-state index in [0.29, 0.717) is 0 Å². The predicted molar refractivity (Wildman–Crippen MR) is 81.7 cm³/mol. The van der Waals surface area contributed by atoms with Crippen LogP contribution < -0.4 is 0 Å². The number of hydrogen-bond donors (Lipinski definition) is 0. The average Bonchev–Trinajstić information content (AvgIpc) is 2.50. The van der Waals surface area contributed by atoms with Crippen LogP contribution in [0.2, 0.25) is 0 Å². The molecule has 0 aliphatic carbocycles. The monoisotopic (exact) mass is 274 g/mol. The van der Waals surface area contributed by atoms with Crippen LogP contribution in [-0.2, 0) is 17.8 Å². The number of benzene rings is 1. The highest BCUT2D eigenvalue weighted by Gasteiger charge is 2.12. The molecular formula is C17H26N2O. The van der Waals surface area contributed by atoms with Crippen LogP contribution in [0.5, 0.6) is 0 Å². The zero-order valence-corrected chi connectivity index (χ0v) is 12.4. The maximum Gasteiger partial charge on any atom is 0.0594 e. The number of rotatable bonds is 4. The van der Waals surface area contributed by atoms with Gasteiger partial charge in [0.05, 0.1) is 13.2 Å². The Morgan fingerprint density at radius 2 is 1.40 bits per heavy atom. The van der Waals surface area contributed by atoms with Crippen LogP contribution in [-0.4, -0.2) is 49.2 Å². The Balaban J connectivity index is 1.57. The third kappa shape index (κ3) is 4.05. The van der Waals surface area contributed by atoms with Crippen molar-refractivity contribution >= 4 is 0 Å². The Labute approximate surface area is 122 Å². The molecule has 0 unspecified atom stereocenters. The van der Waals surface area contributed by atoms with E-state index in [9.17, 15) is 0 Å². The highest BCUT2D eigenvalue weighted by Crippen LogP contribution is 2.15. The summed E-state index contributed by atoms with van der Waals surface area (Å²) in [5.41, 5.74) is 2.92. The number of nitrogens with zero attached hydrogens (tertiary/aromatic N) is 2. The van der Waals surface area contributed by atoms with E-state index in [1.54, 1.807) is 0 Å². The molecule has 0 amide bonds. The van der Waals surface area contributed by atoms with Crippen molar-refractivity contribution < 1.29 is 4.74 Å². The quantitative estimate of drug-likeness (QED) is 0.839. The van der Waals surface area contributed by atoms with Crippen LogP contribution in [0.3, 0.4) is 0 Å². The smallest absolute Gasteiger partial charge is 0.0594 e. The van der Waals surface area contributed by atoms with Gasteiger partial charge in [0.25, 0.3) is 0 Å². The third-order valence-corrected chi connectivity index (χ3v) is 4.36. The van der Waals surface area contributed by atoms with Crippen molar-refractivity contribution in [2.75, 3.05) is 39.4 Å². The van der Waals surface area contributed by atoms with E-state index < -0.39 is 0 Å². The molecule has 0 N–H and O–H groups in total. The first-order valence-corrected chi connectivity index (χ1v) is 8.00. The normalized spacial score (nSPS) is 22.0. The summed E-state index contributed by atoms with van der Waals surface area (Å²) in [6.45, 7) is 8.63. The molecule has 0 spiro atoms. The standard InChI is InChI=1S/C17H26N2O/c1-2-7-18(8-3-1)14-16-5-4-6-17(13-16)15-19-9-11-20-12-10-19/h4-6,13H,1-3,7-12,14-15H2. The van der Waals surface area contributed by atoms with Gasteiger partial charge < -0.3 is 4.74 Å². The number of likely N-dealkylation sites (tertiary alicyclic amines) is 1. The number of hydrogen-bond acceptors (Lipinski definition) is 3. The van der Waals surface area contributed by atoms with E-state index in [1.165, 1.54) is 43.5 Å². The van der Waals surface area contributed by atoms with Crippen LogP contribution >= 0.6 is 0 Å². The molecule has 1 aromatic rings. The summed E-state index contributed by atoms with van der Waals surface area (Å²) in [5.74, 6) is 0. The van der Waals surface area contributed by atoms with Gasteiger partial charge in [-0.25, -0.2) is 0 Å². The van der Waals surface area contributed by atoms with Gasteiger partial charge in [-0.1, -0.05) is 30.7 Å². The largest absolute Gasteiger partial charge is 0.379 e. The number of ether oxygens (including phenoxy) is 1. The molecule has 3 rings (SSSR count). The molecule has 110 valence electrons. The second-order valence-electron chi connectivity index (χ2n) is 6.05. The summed E-state index contributed by atoms with van der Waals surface area (Å²) in [5, 5.41) is 0. The number of morpholine rings is 1. The zero-order chi connectivity index (χ0) is 13.6. The fourth-order valence-electron chi connectivity index (χ4n) is 3.22. The van der Waals surface area contributed by atoms with Gasteiger partial charge in [-0.15, -0.1) is 0 Å². The summed E-state index contributed by atoms with van der Waals surface area (Å²) in [6, 6.07) is 9.14. The SMILES string of the molecule is c1cc(CN2CCCCC2)cc(CN2CCOCC2)c1. The molecule has 0 saturated carbocycles. The van der Waals surface area contributed by atoms with E-state index >= 15 is 0 Å². The molecule has 0 atom stereocenters. The van der Waals surface area contributed by atoms with Crippen LogP contribution in [0.15, 0.2) is 24.3 Å². The van der Waals surface area contributed by atoms with E-state index in [-0.39, 0.29) is 0 Å². The maximum absolute atomic E-state index is 5.41. The Hall–Kier alpha value is -0.900. The van der Waals surface area contributed by atoms with E-state index in [0.717, 1.165) is 39.4 Å². The van der Waals surface area contributed by atoms with Crippen molar-refractivity contribution in [1.29, 1.82) is 0 Å². The first kappa shape index (κ1) is 14.1. The third-order valence-electron chi connectivity index (χ3n) is 4.36. The van der Waals surface area contributed by atoms with Crippen LogP contribution in [0.25, 0.3) is 0 Å². The first-order chi connectivity index (χ1) is 9.90. The molecule has 3 heteroatoms. The van der Waals surface area contributed by atoms with Gasteiger partial charge in [0.15, 0.2) is 0 Å². The average molecular weight is 274 g/mol. The molecular weight excluding hydrogens is 248 g/mol. The Morgan fingerprint density at radius 3 is 2.05 bits per heavy atom. The first-order valence-electron chi connectivity index (χ1n) is 8.00. The van der Waals surface area contributed by atoms with E-state index in [4.69, 9.17) is 4.74 Å². The van der Waals surface area contributed by atoms with Gasteiger partial charge >= 0.3 is 0 Å². The zero-order valence-electron chi connectivity index (χ0n) is 12.4. The molecule has 3 nitrogen and oxygen atoms in total. The molecule has 1 aromatic carbocycles. The van der Waals surface area contributed by atoms with Crippen molar-refractivity contribution in [3.8, 4) is 0 Å². The lowest BCUT2D eigenvalue weighted by Crippen LogP contribution is -2.35. The van der Waals surface area contributed by atoms with Crippen molar-refractivity contribution in [2.24, 2.45) is 0 Å². The minimum Gasteiger partial charge on any atom is -0.379 e.